The van der Waals surface area contributed by atoms with Crippen molar-refractivity contribution in [1.29, 1.82) is 0 Å². The number of carbonyl (C=O) groups is 4. The van der Waals surface area contributed by atoms with Gasteiger partial charge in [-0.3, -0.25) is 9.59 Å². The highest BCUT2D eigenvalue weighted by molar-refractivity contribution is 6.12. The Kier molecular flexibility index (Phi) is 11.7. The summed E-state index contributed by atoms with van der Waals surface area (Å²) in [4.78, 5) is 47.6. The second-order valence-electron chi connectivity index (χ2n) is 6.77. The summed E-state index contributed by atoms with van der Waals surface area (Å²) in [6, 6.07) is 17.8. The van der Waals surface area contributed by atoms with E-state index in [0.29, 0.717) is 11.4 Å². The maximum Gasteiger partial charge on any atom is 0.336 e. The number of amides is 2. The Bertz CT molecular complexity index is 1230. The first kappa shape index (κ1) is 28.7. The molecule has 0 spiro atoms. The van der Waals surface area contributed by atoms with Crippen molar-refractivity contribution in [2.75, 3.05) is 10.6 Å². The zero-order valence-electron chi connectivity index (χ0n) is 19.6. The van der Waals surface area contributed by atoms with E-state index in [1.807, 2.05) is 0 Å². The van der Waals surface area contributed by atoms with Gasteiger partial charge in [0.05, 0.1) is 22.3 Å². The van der Waals surface area contributed by atoms with E-state index in [2.05, 4.69) is 35.3 Å². The van der Waals surface area contributed by atoms with Crippen molar-refractivity contribution in [1.82, 2.24) is 0 Å². The Morgan fingerprint density at radius 1 is 0.611 bits per heavy atom. The summed E-state index contributed by atoms with van der Waals surface area (Å²) in [5.41, 5.74) is 0.369. The van der Waals surface area contributed by atoms with Crippen LogP contribution in [0.1, 0.15) is 55.3 Å². The number of rotatable bonds is 6. The summed E-state index contributed by atoms with van der Waals surface area (Å²) < 4.78 is 0. The van der Waals surface area contributed by atoms with Gasteiger partial charge >= 0.3 is 11.9 Å². The molecule has 8 heteroatoms. The number of anilines is 2. The number of carboxylic acids is 2. The van der Waals surface area contributed by atoms with Gasteiger partial charge in [-0.15, -0.1) is 24.7 Å². The first-order valence-electron chi connectivity index (χ1n) is 10.3. The van der Waals surface area contributed by atoms with E-state index in [1.54, 1.807) is 44.2 Å². The third kappa shape index (κ3) is 8.54. The molecule has 0 saturated carbocycles. The number of terminal acetylenes is 2. The smallest absolute Gasteiger partial charge is 0.336 e. The summed E-state index contributed by atoms with van der Waals surface area (Å²) in [6.07, 6.45) is 9.19. The fourth-order valence-corrected chi connectivity index (χ4v) is 2.81. The summed E-state index contributed by atoms with van der Waals surface area (Å²) in [6.45, 7) is 3.31. The van der Waals surface area contributed by atoms with Gasteiger partial charge in [-0.2, -0.15) is 0 Å². The number of hydrogen-bond acceptors (Lipinski definition) is 4. The molecule has 0 aliphatic rings. The van der Waals surface area contributed by atoms with Gasteiger partial charge < -0.3 is 20.8 Å². The third-order valence-electron chi connectivity index (χ3n) is 4.18. The van der Waals surface area contributed by atoms with E-state index in [9.17, 15) is 29.4 Å². The van der Waals surface area contributed by atoms with Crippen LogP contribution in [-0.4, -0.2) is 34.0 Å². The topological polar surface area (TPSA) is 133 Å². The predicted octanol–water partition coefficient (Wildman–Crippen LogP) is 4.87. The second-order valence-corrected chi connectivity index (χ2v) is 6.77. The van der Waals surface area contributed by atoms with Crippen LogP contribution in [-0.2, 0) is 0 Å². The Labute approximate surface area is 209 Å². The quantitative estimate of drug-likeness (QED) is 0.369. The minimum absolute atomic E-state index is 0.00479. The van der Waals surface area contributed by atoms with Crippen LogP contribution in [0.15, 0.2) is 72.8 Å². The molecule has 0 heterocycles. The lowest BCUT2D eigenvalue weighted by Gasteiger charge is -2.11. The summed E-state index contributed by atoms with van der Waals surface area (Å²) in [5.74, 6) is 0.818. The van der Waals surface area contributed by atoms with Crippen LogP contribution >= 0.6 is 0 Å². The first-order valence-corrected chi connectivity index (χ1v) is 10.3. The van der Waals surface area contributed by atoms with E-state index >= 15 is 0 Å². The lowest BCUT2D eigenvalue weighted by Crippen LogP contribution is -2.17. The van der Waals surface area contributed by atoms with E-state index in [-0.39, 0.29) is 22.3 Å². The molecular formula is C28H24N2O6. The average molecular weight is 485 g/mol. The highest BCUT2D eigenvalue weighted by atomic mass is 16.4. The molecule has 0 fully saturated rings. The Morgan fingerprint density at radius 3 is 1.22 bits per heavy atom. The van der Waals surface area contributed by atoms with Gasteiger partial charge in [-0.25, -0.2) is 9.59 Å². The molecule has 3 aromatic carbocycles. The van der Waals surface area contributed by atoms with Gasteiger partial charge in [-0.1, -0.05) is 30.3 Å². The van der Waals surface area contributed by atoms with Crippen molar-refractivity contribution < 1.29 is 29.4 Å². The van der Waals surface area contributed by atoms with Crippen LogP contribution in [0.4, 0.5) is 11.4 Å². The molecule has 3 aromatic rings. The minimum atomic E-state index is -1.22. The van der Waals surface area contributed by atoms with Crippen LogP contribution in [0.3, 0.4) is 0 Å². The molecule has 3 rings (SSSR count). The number of hydrogen-bond donors (Lipinski definition) is 4. The van der Waals surface area contributed by atoms with E-state index in [4.69, 9.17) is 0 Å². The number of carboxylic acid groups (broad SMARTS) is 2. The van der Waals surface area contributed by atoms with Crippen LogP contribution < -0.4 is 10.6 Å². The summed E-state index contributed by atoms with van der Waals surface area (Å²) in [5, 5.41) is 23.6. The van der Waals surface area contributed by atoms with Crippen LogP contribution in [0.5, 0.6) is 0 Å². The fraction of sp³-hybridized carbons (Fsp3) is 0.0714. The predicted molar refractivity (Wildman–Crippen MR) is 138 cm³/mol. The van der Waals surface area contributed by atoms with Gasteiger partial charge in [-0.05, 0) is 56.3 Å². The number of aromatic carboxylic acids is 2. The molecule has 0 saturated heterocycles. The zero-order chi connectivity index (χ0) is 27.1. The zero-order valence-corrected chi connectivity index (χ0v) is 19.6. The second kappa shape index (κ2) is 14.7. The molecule has 0 aromatic heterocycles. The Morgan fingerprint density at radius 2 is 0.917 bits per heavy atom. The Balaban J connectivity index is 0.000000982. The molecule has 0 aliphatic heterocycles. The lowest BCUT2D eigenvalue weighted by atomic mass is 10.1. The summed E-state index contributed by atoms with van der Waals surface area (Å²) >= 11 is 0. The van der Waals surface area contributed by atoms with Crippen LogP contribution in [0.25, 0.3) is 0 Å². The Hall–Kier alpha value is -5.34. The molecule has 0 bridgehead atoms. The maximum atomic E-state index is 12.5. The number of nitrogens with one attached hydrogen (secondary N) is 2. The van der Waals surface area contributed by atoms with Gasteiger partial charge in [0.1, 0.15) is 0 Å². The molecule has 182 valence electrons. The van der Waals surface area contributed by atoms with Crippen molar-refractivity contribution in [3.8, 4) is 24.7 Å². The fourth-order valence-electron chi connectivity index (χ4n) is 2.81. The van der Waals surface area contributed by atoms with Crippen molar-refractivity contribution in [2.45, 2.75) is 13.8 Å². The molecule has 2 amide bonds. The van der Waals surface area contributed by atoms with E-state index in [1.165, 1.54) is 42.5 Å². The van der Waals surface area contributed by atoms with Gasteiger partial charge in [0.15, 0.2) is 0 Å². The number of benzene rings is 3. The molecule has 0 aliphatic carbocycles. The highest BCUT2D eigenvalue weighted by Crippen LogP contribution is 2.19. The molecule has 0 atom stereocenters. The molecule has 36 heavy (non-hydrogen) atoms. The van der Waals surface area contributed by atoms with E-state index in [0.717, 1.165) is 0 Å². The van der Waals surface area contributed by atoms with Crippen LogP contribution in [0, 0.1) is 24.7 Å². The van der Waals surface area contributed by atoms with Crippen molar-refractivity contribution >= 4 is 35.1 Å². The number of carbonyl (C=O) groups excluding carboxylic acids is 2. The van der Waals surface area contributed by atoms with Crippen molar-refractivity contribution in [3.05, 3.63) is 95.1 Å². The normalized spacial score (nSPS) is 8.89. The maximum absolute atomic E-state index is 12.5. The minimum Gasteiger partial charge on any atom is -0.478 e. The molecule has 8 nitrogen and oxygen atoms in total. The largest absolute Gasteiger partial charge is 0.478 e. The van der Waals surface area contributed by atoms with E-state index < -0.39 is 23.8 Å². The van der Waals surface area contributed by atoms with Crippen molar-refractivity contribution in [2.24, 2.45) is 0 Å². The third-order valence-corrected chi connectivity index (χ3v) is 4.18. The average Bonchev–Trinajstić information content (AvgIpc) is 2.85. The SMILES string of the molecule is C#CC.C#CC.O=C(O)c1ccccc1C(=O)Nc1cccc(NC(=O)c2ccccc2C(=O)O)c1. The standard InChI is InChI=1S/C22H16N2O6.2C3H4/c25-19(15-8-1-3-10-17(15)21(27)28)23-13-6-5-7-14(12-13)24-20(26)16-9-2-4-11-18(16)22(29)30;2*1-3-2/h1-12H,(H,23,25)(H,24,26)(H,27,28)(H,29,30);2*1H,2H3. The lowest BCUT2D eigenvalue weighted by molar-refractivity contribution is 0.0683. The summed E-state index contributed by atoms with van der Waals surface area (Å²) in [7, 11) is 0. The molecule has 4 N–H and O–H groups in total. The van der Waals surface area contributed by atoms with Gasteiger partial charge in [0.25, 0.3) is 11.8 Å². The highest BCUT2D eigenvalue weighted by Gasteiger charge is 2.17. The van der Waals surface area contributed by atoms with Gasteiger partial charge in [0, 0.05) is 11.4 Å². The van der Waals surface area contributed by atoms with Crippen molar-refractivity contribution in [3.63, 3.8) is 0 Å². The van der Waals surface area contributed by atoms with Gasteiger partial charge in [0.2, 0.25) is 0 Å². The first-order chi connectivity index (χ1) is 17.2. The van der Waals surface area contributed by atoms with Crippen LogP contribution in [0.2, 0.25) is 0 Å². The molecule has 0 radical (unpaired) electrons. The molecule has 0 unspecified atom stereocenters. The monoisotopic (exact) mass is 484 g/mol. The molecular weight excluding hydrogens is 460 g/mol.